The molecule has 1 aliphatic carbocycles. The van der Waals surface area contributed by atoms with Crippen molar-refractivity contribution in [3.63, 3.8) is 0 Å². The van der Waals surface area contributed by atoms with Gasteiger partial charge < -0.3 is 4.74 Å². The zero-order chi connectivity index (χ0) is 6.27. The van der Waals surface area contributed by atoms with E-state index in [4.69, 9.17) is 9.99 Å². The molecule has 1 saturated heterocycles. The maximum atomic E-state index is 8.31. The molecule has 2 rings (SSSR count). The summed E-state index contributed by atoms with van der Waals surface area (Å²) in [6.45, 7) is 0. The topological polar surface area (TPSA) is 42.0 Å². The third-order valence-corrected chi connectivity index (χ3v) is 2.10. The Balaban J connectivity index is 1.93. The van der Waals surface area contributed by atoms with Crippen molar-refractivity contribution in [2.24, 2.45) is 0 Å². The average Bonchev–Trinajstić information content (AvgIpc) is 2.64. The largest absolute Gasteiger partial charge is 0.367 e. The first-order valence-corrected chi connectivity index (χ1v) is 3.37. The third-order valence-electron chi connectivity index (χ3n) is 2.10. The molecule has 1 N–H and O–H groups in total. The molecule has 3 nitrogen and oxygen atoms in total. The molecule has 0 spiro atoms. The summed E-state index contributed by atoms with van der Waals surface area (Å²) in [6, 6.07) is 0. The van der Waals surface area contributed by atoms with Crippen molar-refractivity contribution in [1.29, 1.82) is 0 Å². The smallest absolute Gasteiger partial charge is 0.121 e. The summed E-state index contributed by atoms with van der Waals surface area (Å²) in [6.07, 6.45) is 3.78. The molecule has 9 heavy (non-hydrogen) atoms. The molecule has 3 atom stereocenters. The summed E-state index contributed by atoms with van der Waals surface area (Å²) in [5, 5.41) is 8.31. The van der Waals surface area contributed by atoms with Gasteiger partial charge in [-0.15, -0.1) is 0 Å². The van der Waals surface area contributed by atoms with Crippen molar-refractivity contribution in [1.82, 2.24) is 0 Å². The van der Waals surface area contributed by atoms with E-state index in [0.717, 1.165) is 19.3 Å². The van der Waals surface area contributed by atoms with E-state index in [-0.39, 0.29) is 12.2 Å². The van der Waals surface area contributed by atoms with Crippen molar-refractivity contribution in [2.75, 3.05) is 0 Å². The van der Waals surface area contributed by atoms with Gasteiger partial charge in [-0.25, -0.2) is 4.89 Å². The summed E-state index contributed by atoms with van der Waals surface area (Å²) in [7, 11) is 0. The molecule has 1 aliphatic heterocycles. The SMILES string of the molecule is OOC1CCC[C@@H]2O[C@@H]12. The highest BCUT2D eigenvalue weighted by molar-refractivity contribution is 4.94. The van der Waals surface area contributed by atoms with E-state index in [9.17, 15) is 0 Å². The molecule has 0 bridgehead atoms. The fourth-order valence-electron chi connectivity index (χ4n) is 1.51. The van der Waals surface area contributed by atoms with Crippen molar-refractivity contribution in [2.45, 2.75) is 37.6 Å². The van der Waals surface area contributed by atoms with Crippen LogP contribution < -0.4 is 0 Å². The lowest BCUT2D eigenvalue weighted by atomic mass is 9.98. The van der Waals surface area contributed by atoms with E-state index >= 15 is 0 Å². The summed E-state index contributed by atoms with van der Waals surface area (Å²) >= 11 is 0. The Labute approximate surface area is 53.5 Å². The number of rotatable bonds is 1. The Bertz CT molecular complexity index is 115. The van der Waals surface area contributed by atoms with Gasteiger partial charge in [0.25, 0.3) is 0 Å². The van der Waals surface area contributed by atoms with E-state index < -0.39 is 0 Å². The van der Waals surface area contributed by atoms with Gasteiger partial charge in [-0.05, 0) is 19.3 Å². The maximum absolute atomic E-state index is 8.31. The van der Waals surface area contributed by atoms with Crippen LogP contribution in [-0.4, -0.2) is 23.6 Å². The molecule has 52 valence electrons. The van der Waals surface area contributed by atoms with Crippen LogP contribution in [0.4, 0.5) is 0 Å². The van der Waals surface area contributed by atoms with Gasteiger partial charge in [-0.1, -0.05) is 0 Å². The average molecular weight is 130 g/mol. The second-order valence-electron chi connectivity index (χ2n) is 2.71. The first kappa shape index (κ1) is 5.65. The first-order chi connectivity index (χ1) is 4.42. The predicted molar refractivity (Wildman–Crippen MR) is 30.0 cm³/mol. The summed E-state index contributed by atoms with van der Waals surface area (Å²) in [5.74, 6) is 0. The highest BCUT2D eigenvalue weighted by Crippen LogP contribution is 2.37. The van der Waals surface area contributed by atoms with E-state index in [1.165, 1.54) is 0 Å². The van der Waals surface area contributed by atoms with E-state index in [1.54, 1.807) is 0 Å². The molecular formula is C6H10O3. The highest BCUT2D eigenvalue weighted by Gasteiger charge is 2.48. The van der Waals surface area contributed by atoms with Gasteiger partial charge in [-0.3, -0.25) is 5.26 Å². The van der Waals surface area contributed by atoms with Crippen molar-refractivity contribution < 1.29 is 14.9 Å². The lowest BCUT2D eigenvalue weighted by Gasteiger charge is -2.13. The number of ether oxygens (including phenoxy) is 1. The van der Waals surface area contributed by atoms with Crippen LogP contribution in [0.5, 0.6) is 0 Å². The van der Waals surface area contributed by atoms with Crippen molar-refractivity contribution in [3.8, 4) is 0 Å². The van der Waals surface area contributed by atoms with Crippen LogP contribution in [0.1, 0.15) is 19.3 Å². The van der Waals surface area contributed by atoms with Gasteiger partial charge in [-0.2, -0.15) is 0 Å². The lowest BCUT2D eigenvalue weighted by Crippen LogP contribution is -2.23. The third kappa shape index (κ3) is 0.852. The fourth-order valence-corrected chi connectivity index (χ4v) is 1.51. The standard InChI is InChI=1S/C6H10O3/c7-9-5-3-1-2-4-6(5)8-4/h4-7H,1-3H2/t4-,5?,6+/m0/s1. The van der Waals surface area contributed by atoms with Crippen LogP contribution in [0.15, 0.2) is 0 Å². The minimum absolute atomic E-state index is 0.0382. The van der Waals surface area contributed by atoms with Crippen molar-refractivity contribution >= 4 is 0 Å². The van der Waals surface area contributed by atoms with Gasteiger partial charge in [0, 0.05) is 0 Å². The minimum Gasteiger partial charge on any atom is -0.367 e. The first-order valence-electron chi connectivity index (χ1n) is 3.37. The molecule has 0 radical (unpaired) electrons. The molecular weight excluding hydrogens is 120 g/mol. The Hall–Kier alpha value is -0.120. The summed E-state index contributed by atoms with van der Waals surface area (Å²) in [5.41, 5.74) is 0. The second kappa shape index (κ2) is 1.94. The van der Waals surface area contributed by atoms with Gasteiger partial charge in [0.05, 0.1) is 6.10 Å². The fraction of sp³-hybridized carbons (Fsp3) is 1.00. The van der Waals surface area contributed by atoms with Gasteiger partial charge in [0.15, 0.2) is 0 Å². The second-order valence-corrected chi connectivity index (χ2v) is 2.71. The molecule has 0 aromatic rings. The Morgan fingerprint density at radius 3 is 3.00 bits per heavy atom. The van der Waals surface area contributed by atoms with Crippen LogP contribution in [0.3, 0.4) is 0 Å². The predicted octanol–water partition coefficient (Wildman–Crippen LogP) is 0.796. The van der Waals surface area contributed by atoms with E-state index in [0.29, 0.717) is 6.10 Å². The van der Waals surface area contributed by atoms with Crippen LogP contribution >= 0.6 is 0 Å². The van der Waals surface area contributed by atoms with Gasteiger partial charge in [0.2, 0.25) is 0 Å². The molecule has 1 unspecified atom stereocenters. The molecule has 1 saturated carbocycles. The van der Waals surface area contributed by atoms with E-state index in [1.807, 2.05) is 0 Å². The lowest BCUT2D eigenvalue weighted by molar-refractivity contribution is -0.284. The Kier molecular flexibility index (Phi) is 1.22. The number of fused-ring (bicyclic) bond motifs is 1. The van der Waals surface area contributed by atoms with Gasteiger partial charge in [0.1, 0.15) is 12.2 Å². The highest BCUT2D eigenvalue weighted by atomic mass is 17.1. The Morgan fingerprint density at radius 1 is 1.44 bits per heavy atom. The van der Waals surface area contributed by atoms with Crippen LogP contribution in [0.2, 0.25) is 0 Å². The maximum Gasteiger partial charge on any atom is 0.121 e. The molecule has 3 heteroatoms. The van der Waals surface area contributed by atoms with Crippen LogP contribution in [-0.2, 0) is 9.62 Å². The number of hydrogen-bond acceptors (Lipinski definition) is 3. The van der Waals surface area contributed by atoms with E-state index in [2.05, 4.69) is 4.89 Å². The monoisotopic (exact) mass is 130 g/mol. The van der Waals surface area contributed by atoms with Gasteiger partial charge >= 0.3 is 0 Å². The van der Waals surface area contributed by atoms with Crippen LogP contribution in [0.25, 0.3) is 0 Å². The summed E-state index contributed by atoms with van der Waals surface area (Å²) in [4.78, 5) is 4.22. The molecule has 0 amide bonds. The summed E-state index contributed by atoms with van der Waals surface area (Å²) < 4.78 is 5.20. The normalized spacial score (nSPS) is 48.3. The number of epoxide rings is 1. The number of hydrogen-bond donors (Lipinski definition) is 1. The quantitative estimate of drug-likeness (QED) is 0.324. The molecule has 0 aromatic heterocycles. The van der Waals surface area contributed by atoms with Crippen LogP contribution in [0, 0.1) is 0 Å². The zero-order valence-electron chi connectivity index (χ0n) is 5.12. The molecule has 1 heterocycles. The Morgan fingerprint density at radius 2 is 2.33 bits per heavy atom. The zero-order valence-corrected chi connectivity index (χ0v) is 5.12. The molecule has 0 aromatic carbocycles. The molecule has 2 fully saturated rings. The molecule has 2 aliphatic rings. The van der Waals surface area contributed by atoms with Crippen molar-refractivity contribution in [3.05, 3.63) is 0 Å². The minimum atomic E-state index is -0.0382.